The monoisotopic (exact) mass is 284 g/mol. The first-order valence-electron chi connectivity index (χ1n) is 7.25. The second kappa shape index (κ2) is 6.14. The molecule has 3 rings (SSSR count). The number of pyridine rings is 1. The zero-order valence-corrected chi connectivity index (χ0v) is 12.4. The molecule has 0 amide bonds. The molecule has 0 saturated heterocycles. The molecule has 0 spiro atoms. The molecule has 2 aromatic rings. The molecular weight excluding hydrogens is 264 g/mol. The van der Waals surface area contributed by atoms with Crippen LogP contribution >= 0.6 is 0 Å². The molecule has 110 valence electrons. The van der Waals surface area contributed by atoms with E-state index in [0.717, 1.165) is 35.8 Å². The van der Waals surface area contributed by atoms with Crippen LogP contribution in [-0.4, -0.2) is 18.7 Å². The molecule has 0 aliphatic carbocycles. The number of aromatic nitrogens is 1. The van der Waals surface area contributed by atoms with Crippen molar-refractivity contribution in [2.45, 2.75) is 25.4 Å². The summed E-state index contributed by atoms with van der Waals surface area (Å²) in [6.45, 7) is 2.86. The molecule has 0 saturated carbocycles. The van der Waals surface area contributed by atoms with E-state index in [4.69, 9.17) is 9.47 Å². The van der Waals surface area contributed by atoms with E-state index >= 15 is 0 Å². The van der Waals surface area contributed by atoms with Crippen LogP contribution in [0.4, 0.5) is 0 Å². The molecule has 1 aromatic carbocycles. The van der Waals surface area contributed by atoms with Crippen LogP contribution in [-0.2, 0) is 0 Å². The number of benzene rings is 1. The van der Waals surface area contributed by atoms with Crippen LogP contribution in [0.3, 0.4) is 0 Å². The Hall–Kier alpha value is -2.07. The van der Waals surface area contributed by atoms with E-state index in [1.807, 2.05) is 36.5 Å². The lowest BCUT2D eigenvalue weighted by molar-refractivity contribution is 0.244. The highest BCUT2D eigenvalue weighted by Gasteiger charge is 2.24. The number of methoxy groups -OCH3 is 1. The summed E-state index contributed by atoms with van der Waals surface area (Å²) in [4.78, 5) is 4.42. The second-order valence-electron chi connectivity index (χ2n) is 5.24. The van der Waals surface area contributed by atoms with Gasteiger partial charge >= 0.3 is 0 Å². The second-order valence-corrected chi connectivity index (χ2v) is 5.24. The first-order chi connectivity index (χ1) is 10.3. The van der Waals surface area contributed by atoms with E-state index < -0.39 is 0 Å². The number of rotatable bonds is 4. The normalized spacial score (nSPS) is 18.5. The Kier molecular flexibility index (Phi) is 4.06. The van der Waals surface area contributed by atoms with Gasteiger partial charge in [0.15, 0.2) is 0 Å². The molecule has 2 heterocycles. The molecule has 1 aromatic heterocycles. The maximum absolute atomic E-state index is 5.73. The standard InChI is InChI=1S/C17H20N2O2/c1-12(15-5-3-4-9-18-15)19-16-8-10-21-17-7-6-13(20-2)11-14(16)17/h3-7,9,11-12,16,19H,8,10H2,1-2H3/t12-,16?/m0/s1. The van der Waals surface area contributed by atoms with E-state index in [-0.39, 0.29) is 12.1 Å². The number of ether oxygens (including phenoxy) is 2. The van der Waals surface area contributed by atoms with Crippen molar-refractivity contribution in [3.8, 4) is 11.5 Å². The third kappa shape index (κ3) is 3.00. The van der Waals surface area contributed by atoms with Crippen LogP contribution in [0.15, 0.2) is 42.6 Å². The van der Waals surface area contributed by atoms with Gasteiger partial charge in [-0.2, -0.15) is 0 Å². The van der Waals surface area contributed by atoms with E-state index in [2.05, 4.69) is 23.3 Å². The smallest absolute Gasteiger partial charge is 0.124 e. The predicted molar refractivity (Wildman–Crippen MR) is 81.6 cm³/mol. The highest BCUT2D eigenvalue weighted by Crippen LogP contribution is 2.35. The van der Waals surface area contributed by atoms with Gasteiger partial charge in [0.1, 0.15) is 11.5 Å². The van der Waals surface area contributed by atoms with Crippen LogP contribution in [0.2, 0.25) is 0 Å². The van der Waals surface area contributed by atoms with Crippen LogP contribution in [0.25, 0.3) is 0 Å². The maximum Gasteiger partial charge on any atom is 0.124 e. The lowest BCUT2D eigenvalue weighted by atomic mass is 9.99. The summed E-state index contributed by atoms with van der Waals surface area (Å²) in [7, 11) is 1.68. The summed E-state index contributed by atoms with van der Waals surface area (Å²) in [6, 6.07) is 12.4. The summed E-state index contributed by atoms with van der Waals surface area (Å²) >= 11 is 0. The van der Waals surface area contributed by atoms with Gasteiger partial charge in [0.2, 0.25) is 0 Å². The van der Waals surface area contributed by atoms with Crippen LogP contribution in [0.5, 0.6) is 11.5 Å². The fourth-order valence-corrected chi connectivity index (χ4v) is 2.69. The quantitative estimate of drug-likeness (QED) is 0.936. The molecule has 1 aliphatic rings. The molecule has 21 heavy (non-hydrogen) atoms. The van der Waals surface area contributed by atoms with Gasteiger partial charge in [-0.15, -0.1) is 0 Å². The molecule has 4 heteroatoms. The van der Waals surface area contributed by atoms with Crippen molar-refractivity contribution in [2.24, 2.45) is 0 Å². The average Bonchev–Trinajstić information content (AvgIpc) is 2.55. The van der Waals surface area contributed by atoms with Crippen molar-refractivity contribution in [3.05, 3.63) is 53.9 Å². The molecule has 1 aliphatic heterocycles. The fraction of sp³-hybridized carbons (Fsp3) is 0.353. The summed E-state index contributed by atoms with van der Waals surface area (Å²) in [5, 5.41) is 3.64. The zero-order chi connectivity index (χ0) is 14.7. The molecule has 0 bridgehead atoms. The Bertz CT molecular complexity index is 601. The fourth-order valence-electron chi connectivity index (χ4n) is 2.69. The Balaban J connectivity index is 1.81. The molecule has 1 unspecified atom stereocenters. The van der Waals surface area contributed by atoms with E-state index in [1.165, 1.54) is 0 Å². The Labute approximate surface area is 125 Å². The maximum atomic E-state index is 5.73. The van der Waals surface area contributed by atoms with Crippen molar-refractivity contribution in [2.75, 3.05) is 13.7 Å². The molecule has 0 fully saturated rings. The van der Waals surface area contributed by atoms with Gasteiger partial charge in [-0.3, -0.25) is 4.98 Å². The zero-order valence-electron chi connectivity index (χ0n) is 12.4. The van der Waals surface area contributed by atoms with Gasteiger partial charge in [-0.05, 0) is 37.3 Å². The van der Waals surface area contributed by atoms with E-state index in [1.54, 1.807) is 7.11 Å². The Morgan fingerprint density at radius 3 is 3.00 bits per heavy atom. The summed E-state index contributed by atoms with van der Waals surface area (Å²) in [5.41, 5.74) is 2.21. The first-order valence-corrected chi connectivity index (χ1v) is 7.25. The number of nitrogens with zero attached hydrogens (tertiary/aromatic N) is 1. The molecule has 4 nitrogen and oxygen atoms in total. The number of hydrogen-bond acceptors (Lipinski definition) is 4. The van der Waals surface area contributed by atoms with Gasteiger partial charge in [-0.25, -0.2) is 0 Å². The van der Waals surface area contributed by atoms with Gasteiger partial charge in [-0.1, -0.05) is 6.07 Å². The predicted octanol–water partition coefficient (Wildman–Crippen LogP) is 3.26. The minimum absolute atomic E-state index is 0.188. The third-order valence-electron chi connectivity index (χ3n) is 3.84. The summed E-state index contributed by atoms with van der Waals surface area (Å²) < 4.78 is 11.1. The van der Waals surface area contributed by atoms with Gasteiger partial charge < -0.3 is 14.8 Å². The molecule has 1 N–H and O–H groups in total. The lowest BCUT2D eigenvalue weighted by Gasteiger charge is -2.29. The molecule has 0 radical (unpaired) electrons. The number of hydrogen-bond donors (Lipinski definition) is 1. The van der Waals surface area contributed by atoms with Crippen molar-refractivity contribution in [3.63, 3.8) is 0 Å². The lowest BCUT2D eigenvalue weighted by Crippen LogP contribution is -2.29. The van der Waals surface area contributed by atoms with Crippen molar-refractivity contribution < 1.29 is 9.47 Å². The number of nitrogens with one attached hydrogen (secondary N) is 1. The number of fused-ring (bicyclic) bond motifs is 1. The third-order valence-corrected chi connectivity index (χ3v) is 3.84. The summed E-state index contributed by atoms with van der Waals surface area (Å²) in [6.07, 6.45) is 2.77. The largest absolute Gasteiger partial charge is 0.497 e. The molecular formula is C17H20N2O2. The van der Waals surface area contributed by atoms with Gasteiger partial charge in [0.05, 0.1) is 19.4 Å². The van der Waals surface area contributed by atoms with Crippen LogP contribution in [0.1, 0.15) is 36.7 Å². The minimum Gasteiger partial charge on any atom is -0.497 e. The van der Waals surface area contributed by atoms with Crippen LogP contribution in [0, 0.1) is 0 Å². The highest BCUT2D eigenvalue weighted by atomic mass is 16.5. The van der Waals surface area contributed by atoms with Gasteiger partial charge in [0.25, 0.3) is 0 Å². The topological polar surface area (TPSA) is 43.4 Å². The van der Waals surface area contributed by atoms with Crippen molar-refractivity contribution in [1.29, 1.82) is 0 Å². The average molecular weight is 284 g/mol. The van der Waals surface area contributed by atoms with E-state index in [9.17, 15) is 0 Å². The van der Waals surface area contributed by atoms with Gasteiger partial charge in [0, 0.05) is 30.3 Å². The minimum atomic E-state index is 0.188. The molecule has 2 atom stereocenters. The Morgan fingerprint density at radius 2 is 2.24 bits per heavy atom. The first kappa shape index (κ1) is 13.9. The van der Waals surface area contributed by atoms with Crippen LogP contribution < -0.4 is 14.8 Å². The summed E-state index contributed by atoms with van der Waals surface area (Å²) in [5.74, 6) is 1.80. The van der Waals surface area contributed by atoms with E-state index in [0.29, 0.717) is 0 Å². The van der Waals surface area contributed by atoms with Crippen molar-refractivity contribution in [1.82, 2.24) is 10.3 Å². The highest BCUT2D eigenvalue weighted by molar-refractivity contribution is 5.43. The SMILES string of the molecule is COc1ccc2c(c1)C(N[C@@H](C)c1ccccn1)CCO2. The van der Waals surface area contributed by atoms with Crippen molar-refractivity contribution >= 4 is 0 Å². The Morgan fingerprint density at radius 1 is 1.33 bits per heavy atom.